The van der Waals surface area contributed by atoms with Gasteiger partial charge in [-0.3, -0.25) is 9.98 Å². The predicted molar refractivity (Wildman–Crippen MR) is 42.3 cm³/mol. The van der Waals surface area contributed by atoms with Crippen molar-refractivity contribution in [3.8, 4) is 0 Å². The fraction of sp³-hybridized carbons (Fsp3) is 0.429. The molecule has 0 rings (SSSR count). The molecule has 0 aromatic heterocycles. The minimum atomic E-state index is 0.912. The van der Waals surface area contributed by atoms with Crippen LogP contribution in [0.15, 0.2) is 21.8 Å². The summed E-state index contributed by atoms with van der Waals surface area (Å²) in [5.74, 6) is 0. The number of aliphatic imine (C=N–C) groups is 2. The highest BCUT2D eigenvalue weighted by molar-refractivity contribution is 5.72. The van der Waals surface area contributed by atoms with Gasteiger partial charge in [0.25, 0.3) is 0 Å². The first kappa shape index (κ1) is 8.08. The maximum absolute atomic E-state index is 3.78. The molecular formula is C7H12N2. The molecule has 0 aliphatic heterocycles. The molecule has 0 atom stereocenters. The standard InChI is InChI=1S/C7H12N2/c1-4-7(9-3)5-6-8-2/h5-6H,3-4H2,1-2H3/b7-5-,8-6?. The molecule has 0 radical (unpaired) electrons. The molecule has 0 spiro atoms. The molecule has 0 aliphatic rings. The van der Waals surface area contributed by atoms with E-state index in [1.165, 1.54) is 0 Å². The van der Waals surface area contributed by atoms with Gasteiger partial charge in [0.05, 0.1) is 0 Å². The van der Waals surface area contributed by atoms with Gasteiger partial charge >= 0.3 is 0 Å². The quantitative estimate of drug-likeness (QED) is 0.511. The zero-order valence-corrected chi connectivity index (χ0v) is 5.96. The van der Waals surface area contributed by atoms with Crippen LogP contribution in [-0.4, -0.2) is 20.0 Å². The van der Waals surface area contributed by atoms with E-state index in [-0.39, 0.29) is 0 Å². The van der Waals surface area contributed by atoms with Crippen LogP contribution in [0.4, 0.5) is 0 Å². The van der Waals surface area contributed by atoms with E-state index < -0.39 is 0 Å². The van der Waals surface area contributed by atoms with Crippen LogP contribution in [0.1, 0.15) is 13.3 Å². The second kappa shape index (κ2) is 5.22. The third-order valence-electron chi connectivity index (χ3n) is 0.981. The lowest BCUT2D eigenvalue weighted by atomic mass is 10.3. The Morgan fingerprint density at radius 2 is 2.33 bits per heavy atom. The monoisotopic (exact) mass is 124 g/mol. The minimum Gasteiger partial charge on any atom is -0.296 e. The largest absolute Gasteiger partial charge is 0.296 e. The van der Waals surface area contributed by atoms with E-state index in [9.17, 15) is 0 Å². The lowest BCUT2D eigenvalue weighted by molar-refractivity contribution is 1.08. The average Bonchev–Trinajstić information content (AvgIpc) is 1.91. The first-order chi connectivity index (χ1) is 4.35. The van der Waals surface area contributed by atoms with Gasteiger partial charge in [-0.2, -0.15) is 0 Å². The molecule has 0 bridgehead atoms. The Bertz CT molecular complexity index is 134. The Kier molecular flexibility index (Phi) is 4.69. The highest BCUT2D eigenvalue weighted by atomic mass is 14.7. The van der Waals surface area contributed by atoms with Crippen molar-refractivity contribution in [1.82, 2.24) is 0 Å². The summed E-state index contributed by atoms with van der Waals surface area (Å²) in [6.45, 7) is 5.44. The number of hydrogen-bond acceptors (Lipinski definition) is 2. The third kappa shape index (κ3) is 3.64. The van der Waals surface area contributed by atoms with Gasteiger partial charge in [-0.25, -0.2) is 0 Å². The lowest BCUT2D eigenvalue weighted by Crippen LogP contribution is -1.74. The highest BCUT2D eigenvalue weighted by Gasteiger charge is 1.81. The van der Waals surface area contributed by atoms with Crippen LogP contribution in [-0.2, 0) is 0 Å². The number of allylic oxidation sites excluding steroid dienone is 2. The van der Waals surface area contributed by atoms with E-state index in [2.05, 4.69) is 16.7 Å². The maximum Gasteiger partial charge on any atom is 0.0408 e. The van der Waals surface area contributed by atoms with Crippen molar-refractivity contribution in [2.45, 2.75) is 13.3 Å². The second-order valence-corrected chi connectivity index (χ2v) is 1.58. The van der Waals surface area contributed by atoms with E-state index in [4.69, 9.17) is 0 Å². The van der Waals surface area contributed by atoms with Gasteiger partial charge in [0.2, 0.25) is 0 Å². The van der Waals surface area contributed by atoms with Crippen molar-refractivity contribution in [2.75, 3.05) is 7.05 Å². The first-order valence-corrected chi connectivity index (χ1v) is 2.93. The molecule has 0 unspecified atom stereocenters. The van der Waals surface area contributed by atoms with Crippen LogP contribution >= 0.6 is 0 Å². The van der Waals surface area contributed by atoms with Crippen molar-refractivity contribution in [3.05, 3.63) is 11.8 Å². The van der Waals surface area contributed by atoms with Gasteiger partial charge in [0.1, 0.15) is 0 Å². The fourth-order valence-corrected chi connectivity index (χ4v) is 0.443. The van der Waals surface area contributed by atoms with E-state index in [0.29, 0.717) is 0 Å². The third-order valence-corrected chi connectivity index (χ3v) is 0.981. The van der Waals surface area contributed by atoms with Crippen LogP contribution in [0.2, 0.25) is 0 Å². The summed E-state index contributed by atoms with van der Waals surface area (Å²) in [6.07, 6.45) is 4.48. The Hall–Kier alpha value is -0.920. The molecule has 9 heavy (non-hydrogen) atoms. The van der Waals surface area contributed by atoms with Crippen molar-refractivity contribution in [2.24, 2.45) is 9.98 Å². The summed E-state index contributed by atoms with van der Waals surface area (Å²) in [5.41, 5.74) is 0.973. The number of hydrogen-bond donors (Lipinski definition) is 0. The smallest absolute Gasteiger partial charge is 0.0408 e. The van der Waals surface area contributed by atoms with Crippen LogP contribution in [0.3, 0.4) is 0 Å². The van der Waals surface area contributed by atoms with Gasteiger partial charge < -0.3 is 0 Å². The second-order valence-electron chi connectivity index (χ2n) is 1.58. The molecule has 2 nitrogen and oxygen atoms in total. The van der Waals surface area contributed by atoms with Crippen LogP contribution in [0, 0.1) is 0 Å². The van der Waals surface area contributed by atoms with E-state index in [1.54, 1.807) is 13.3 Å². The molecule has 0 aliphatic carbocycles. The highest BCUT2D eigenvalue weighted by Crippen LogP contribution is 1.97. The molecule has 0 N–H and O–H groups in total. The molecule has 0 fully saturated rings. The molecule has 0 saturated carbocycles. The maximum atomic E-state index is 3.78. The molecule has 2 heteroatoms. The number of rotatable bonds is 3. The summed E-state index contributed by atoms with van der Waals surface area (Å²) >= 11 is 0. The molecule has 0 heterocycles. The first-order valence-electron chi connectivity index (χ1n) is 2.93. The minimum absolute atomic E-state index is 0.912. The summed E-state index contributed by atoms with van der Waals surface area (Å²) in [7, 11) is 1.73. The van der Waals surface area contributed by atoms with E-state index in [0.717, 1.165) is 12.1 Å². The van der Waals surface area contributed by atoms with Gasteiger partial charge in [-0.05, 0) is 19.2 Å². The zero-order chi connectivity index (χ0) is 7.11. The van der Waals surface area contributed by atoms with Gasteiger partial charge in [0, 0.05) is 19.0 Å². The lowest BCUT2D eigenvalue weighted by Gasteiger charge is -1.88. The normalized spacial score (nSPS) is 12.4. The van der Waals surface area contributed by atoms with Gasteiger partial charge in [-0.1, -0.05) is 6.92 Å². The number of nitrogens with zero attached hydrogens (tertiary/aromatic N) is 2. The Morgan fingerprint density at radius 3 is 2.67 bits per heavy atom. The Labute approximate surface area is 56.0 Å². The van der Waals surface area contributed by atoms with Crippen molar-refractivity contribution in [1.29, 1.82) is 0 Å². The summed E-state index contributed by atoms with van der Waals surface area (Å²) < 4.78 is 0. The van der Waals surface area contributed by atoms with Crippen LogP contribution in [0.25, 0.3) is 0 Å². The van der Waals surface area contributed by atoms with Crippen molar-refractivity contribution in [3.63, 3.8) is 0 Å². The van der Waals surface area contributed by atoms with E-state index >= 15 is 0 Å². The Balaban J connectivity index is 3.90. The Morgan fingerprint density at radius 1 is 1.67 bits per heavy atom. The molecule has 0 aromatic carbocycles. The van der Waals surface area contributed by atoms with Crippen molar-refractivity contribution >= 4 is 12.9 Å². The SMILES string of the molecule is C=N/C(=C\C=NC)CC. The molecular weight excluding hydrogens is 112 g/mol. The molecule has 50 valence electrons. The van der Waals surface area contributed by atoms with Crippen LogP contribution < -0.4 is 0 Å². The summed E-state index contributed by atoms with van der Waals surface area (Å²) in [5, 5.41) is 0. The topological polar surface area (TPSA) is 24.7 Å². The molecule has 0 aromatic rings. The summed E-state index contributed by atoms with van der Waals surface area (Å²) in [6, 6.07) is 0. The van der Waals surface area contributed by atoms with Crippen LogP contribution in [0.5, 0.6) is 0 Å². The average molecular weight is 124 g/mol. The zero-order valence-electron chi connectivity index (χ0n) is 5.96. The van der Waals surface area contributed by atoms with E-state index in [1.807, 2.05) is 13.0 Å². The van der Waals surface area contributed by atoms with Gasteiger partial charge in [-0.15, -0.1) is 0 Å². The fourth-order valence-electron chi connectivity index (χ4n) is 0.443. The molecule has 0 saturated heterocycles. The summed E-state index contributed by atoms with van der Waals surface area (Å²) in [4.78, 5) is 7.55. The predicted octanol–water partition coefficient (Wildman–Crippen LogP) is 1.68. The van der Waals surface area contributed by atoms with Gasteiger partial charge in [0.15, 0.2) is 0 Å². The molecule has 0 amide bonds. The van der Waals surface area contributed by atoms with Crippen molar-refractivity contribution < 1.29 is 0 Å².